The van der Waals surface area contributed by atoms with Gasteiger partial charge in [-0.15, -0.1) is 13.2 Å². The number of carbonyl (C=O) groups excluding carboxylic acids is 1. The van der Waals surface area contributed by atoms with Crippen LogP contribution in [-0.2, 0) is 16.0 Å². The van der Waals surface area contributed by atoms with Gasteiger partial charge in [-0.3, -0.25) is 9.59 Å². The summed E-state index contributed by atoms with van der Waals surface area (Å²) < 4.78 is 40.4. The minimum atomic E-state index is -4.73. The highest BCUT2D eigenvalue weighted by atomic mass is 19.4. The molecule has 5 nitrogen and oxygen atoms in total. The molecule has 26 heavy (non-hydrogen) atoms. The predicted molar refractivity (Wildman–Crippen MR) is 85.4 cm³/mol. The fourth-order valence-corrected chi connectivity index (χ4v) is 3.51. The van der Waals surface area contributed by atoms with Gasteiger partial charge in [0.2, 0.25) is 5.91 Å². The minimum Gasteiger partial charge on any atom is -0.481 e. The molecule has 0 spiro atoms. The second kappa shape index (κ2) is 6.81. The number of carboxylic acids is 1. The van der Waals surface area contributed by atoms with E-state index in [0.29, 0.717) is 38.5 Å². The maximum Gasteiger partial charge on any atom is 0.573 e. The number of carbonyl (C=O) groups is 2. The molecule has 1 amide bonds. The van der Waals surface area contributed by atoms with Crippen molar-refractivity contribution in [2.45, 2.75) is 50.9 Å². The summed E-state index contributed by atoms with van der Waals surface area (Å²) in [6, 6.07) is 5.43. The number of hydrogen-bond donors (Lipinski definition) is 2. The molecular weight excluding hydrogens is 351 g/mol. The van der Waals surface area contributed by atoms with Gasteiger partial charge in [0.1, 0.15) is 5.75 Å². The van der Waals surface area contributed by atoms with Crippen LogP contribution >= 0.6 is 0 Å². The normalized spacial score (nSPS) is 24.1. The van der Waals surface area contributed by atoms with Crippen LogP contribution in [0.15, 0.2) is 24.3 Å². The average Bonchev–Trinajstić information content (AvgIpc) is 3.17. The van der Waals surface area contributed by atoms with Crippen molar-refractivity contribution in [2.24, 2.45) is 11.3 Å². The second-order valence-corrected chi connectivity index (χ2v) is 7.17. The number of ether oxygens (including phenoxy) is 1. The van der Waals surface area contributed by atoms with Gasteiger partial charge >= 0.3 is 12.3 Å². The zero-order valence-electron chi connectivity index (χ0n) is 14.0. The molecule has 3 rings (SSSR count). The third-order valence-corrected chi connectivity index (χ3v) is 5.15. The number of amides is 1. The Kier molecular flexibility index (Phi) is 4.86. The molecule has 0 aromatic heterocycles. The molecule has 1 aromatic rings. The number of alkyl halides is 3. The van der Waals surface area contributed by atoms with Crippen molar-refractivity contribution in [3.63, 3.8) is 0 Å². The lowest BCUT2D eigenvalue weighted by molar-refractivity contribution is -0.274. The van der Waals surface area contributed by atoms with Gasteiger partial charge in [-0.2, -0.15) is 0 Å². The second-order valence-electron chi connectivity index (χ2n) is 7.17. The van der Waals surface area contributed by atoms with Crippen LogP contribution in [0.1, 0.15) is 37.7 Å². The van der Waals surface area contributed by atoms with Crippen LogP contribution in [0, 0.1) is 11.3 Å². The maximum absolute atomic E-state index is 12.6. The lowest BCUT2D eigenvalue weighted by Crippen LogP contribution is -2.39. The first kappa shape index (κ1) is 18.5. The molecular formula is C18H20F3NO4. The molecule has 2 aliphatic carbocycles. The van der Waals surface area contributed by atoms with Crippen molar-refractivity contribution in [1.82, 2.24) is 5.32 Å². The summed E-state index contributed by atoms with van der Waals surface area (Å²) in [7, 11) is 0. The number of nitrogens with one attached hydrogen (secondary N) is 1. The lowest BCUT2D eigenvalue weighted by atomic mass is 9.95. The predicted octanol–water partition coefficient (Wildman–Crippen LogP) is 3.28. The van der Waals surface area contributed by atoms with Gasteiger partial charge in [-0.25, -0.2) is 0 Å². The monoisotopic (exact) mass is 371 g/mol. The van der Waals surface area contributed by atoms with E-state index in [1.54, 1.807) is 0 Å². The van der Waals surface area contributed by atoms with Crippen LogP contribution in [0.3, 0.4) is 0 Å². The van der Waals surface area contributed by atoms with Gasteiger partial charge in [0.25, 0.3) is 0 Å². The highest BCUT2D eigenvalue weighted by molar-refractivity contribution is 5.86. The van der Waals surface area contributed by atoms with E-state index in [0.717, 1.165) is 5.56 Å². The molecule has 0 saturated heterocycles. The van der Waals surface area contributed by atoms with E-state index in [1.165, 1.54) is 24.3 Å². The summed E-state index contributed by atoms with van der Waals surface area (Å²) in [5.74, 6) is -1.62. The smallest absolute Gasteiger partial charge is 0.481 e. The first-order chi connectivity index (χ1) is 12.2. The third kappa shape index (κ3) is 4.47. The Bertz CT molecular complexity index is 683. The fourth-order valence-electron chi connectivity index (χ4n) is 3.51. The Morgan fingerprint density at radius 3 is 2.35 bits per heavy atom. The lowest BCUT2D eigenvalue weighted by Gasteiger charge is -2.19. The van der Waals surface area contributed by atoms with Gasteiger partial charge in [0.05, 0.1) is 11.3 Å². The molecule has 8 heteroatoms. The molecule has 142 valence electrons. The van der Waals surface area contributed by atoms with Crippen LogP contribution in [0.4, 0.5) is 13.2 Å². The molecule has 2 aliphatic rings. The van der Waals surface area contributed by atoms with Gasteiger partial charge in [0.15, 0.2) is 0 Å². The highest BCUT2D eigenvalue weighted by Crippen LogP contribution is 2.49. The molecule has 2 atom stereocenters. The summed E-state index contributed by atoms with van der Waals surface area (Å²) in [5.41, 5.74) is 0.232. The Balaban J connectivity index is 1.56. The van der Waals surface area contributed by atoms with Gasteiger partial charge < -0.3 is 15.2 Å². The van der Waals surface area contributed by atoms with E-state index in [4.69, 9.17) is 5.11 Å². The zero-order valence-corrected chi connectivity index (χ0v) is 14.0. The van der Waals surface area contributed by atoms with Crippen molar-refractivity contribution in [1.29, 1.82) is 0 Å². The molecule has 1 aromatic carbocycles. The number of benzene rings is 1. The summed E-state index contributed by atoms with van der Waals surface area (Å²) in [6.45, 7) is 0. The number of hydrogen-bond acceptors (Lipinski definition) is 3. The van der Waals surface area contributed by atoms with E-state index in [9.17, 15) is 22.8 Å². The van der Waals surface area contributed by atoms with Crippen molar-refractivity contribution >= 4 is 11.9 Å². The summed E-state index contributed by atoms with van der Waals surface area (Å²) in [4.78, 5) is 23.6. The number of rotatable bonds is 6. The van der Waals surface area contributed by atoms with E-state index in [1.807, 2.05) is 0 Å². The van der Waals surface area contributed by atoms with Crippen LogP contribution < -0.4 is 10.1 Å². The molecule has 2 fully saturated rings. The average molecular weight is 371 g/mol. The molecule has 0 radical (unpaired) electrons. The molecule has 0 bridgehead atoms. The molecule has 2 N–H and O–H groups in total. The standard InChI is InChI=1S/C18H20F3NO4/c19-18(20,21)26-14-5-1-11(2-6-14)10-17(7-8-17)16(25)22-13-4-3-12(9-13)15(23)24/h1-2,5-6,12-13H,3-4,7-10H2,(H,22,25)(H,23,24)/t12-,13+/m1/s1. The van der Waals surface area contributed by atoms with Crippen LogP contribution in [0.25, 0.3) is 0 Å². The van der Waals surface area contributed by atoms with E-state index in [-0.39, 0.29) is 17.7 Å². The molecule has 0 heterocycles. The Morgan fingerprint density at radius 1 is 1.19 bits per heavy atom. The number of halogens is 3. The van der Waals surface area contributed by atoms with E-state index < -0.39 is 23.7 Å². The van der Waals surface area contributed by atoms with Gasteiger partial charge in [-0.05, 0) is 56.2 Å². The summed E-state index contributed by atoms with van der Waals surface area (Å²) in [5, 5.41) is 12.0. The van der Waals surface area contributed by atoms with Crippen molar-refractivity contribution in [3.05, 3.63) is 29.8 Å². The number of carboxylic acid groups (broad SMARTS) is 1. The third-order valence-electron chi connectivity index (χ3n) is 5.15. The van der Waals surface area contributed by atoms with Crippen molar-refractivity contribution in [2.75, 3.05) is 0 Å². The Morgan fingerprint density at radius 2 is 1.85 bits per heavy atom. The van der Waals surface area contributed by atoms with Crippen molar-refractivity contribution in [3.8, 4) is 5.75 Å². The SMILES string of the molecule is O=C(O)[C@@H]1CC[C@H](NC(=O)C2(Cc3ccc(OC(F)(F)F)cc3)CC2)C1. The Hall–Kier alpha value is -2.25. The first-order valence-corrected chi connectivity index (χ1v) is 8.55. The summed E-state index contributed by atoms with van der Waals surface area (Å²) in [6.07, 6.45) is -1.19. The quantitative estimate of drug-likeness (QED) is 0.805. The highest BCUT2D eigenvalue weighted by Gasteiger charge is 2.50. The summed E-state index contributed by atoms with van der Waals surface area (Å²) >= 11 is 0. The molecule has 0 aliphatic heterocycles. The minimum absolute atomic E-state index is 0.0934. The van der Waals surface area contributed by atoms with Crippen LogP contribution in [0.2, 0.25) is 0 Å². The first-order valence-electron chi connectivity index (χ1n) is 8.55. The van der Waals surface area contributed by atoms with E-state index >= 15 is 0 Å². The van der Waals surface area contributed by atoms with Gasteiger partial charge in [-0.1, -0.05) is 12.1 Å². The fraction of sp³-hybridized carbons (Fsp3) is 0.556. The molecule has 2 saturated carbocycles. The van der Waals surface area contributed by atoms with E-state index in [2.05, 4.69) is 10.1 Å². The Labute approximate surface area is 148 Å². The van der Waals surface area contributed by atoms with Crippen LogP contribution in [0.5, 0.6) is 5.75 Å². The largest absolute Gasteiger partial charge is 0.573 e. The topological polar surface area (TPSA) is 75.6 Å². The maximum atomic E-state index is 12.6. The number of aliphatic carboxylic acids is 1. The molecule has 0 unspecified atom stereocenters. The zero-order chi connectivity index (χ0) is 18.9. The van der Waals surface area contributed by atoms with Crippen LogP contribution in [-0.4, -0.2) is 29.4 Å². The van der Waals surface area contributed by atoms with Gasteiger partial charge in [0, 0.05) is 6.04 Å². The van der Waals surface area contributed by atoms with Crippen molar-refractivity contribution < 1.29 is 32.6 Å².